The van der Waals surface area contributed by atoms with Crippen molar-refractivity contribution < 1.29 is 4.39 Å². The molecule has 0 radical (unpaired) electrons. The molecule has 5 nitrogen and oxygen atoms in total. The summed E-state index contributed by atoms with van der Waals surface area (Å²) in [7, 11) is 0. The molecule has 1 N–H and O–H groups in total. The zero-order valence-corrected chi connectivity index (χ0v) is 15.7. The van der Waals surface area contributed by atoms with Crippen molar-refractivity contribution in [3.63, 3.8) is 0 Å². The van der Waals surface area contributed by atoms with Gasteiger partial charge in [-0.15, -0.1) is 0 Å². The Hall–Kier alpha value is -2.45. The third-order valence-corrected chi connectivity index (χ3v) is 5.27. The van der Waals surface area contributed by atoms with E-state index in [4.69, 9.17) is 0 Å². The summed E-state index contributed by atoms with van der Waals surface area (Å²) in [6.45, 7) is 0. The van der Waals surface area contributed by atoms with Crippen LogP contribution in [0.4, 0.5) is 4.39 Å². The summed E-state index contributed by atoms with van der Waals surface area (Å²) < 4.78 is 15.4. The molecule has 0 fully saturated rings. The summed E-state index contributed by atoms with van der Waals surface area (Å²) >= 11 is 4.84. The van der Waals surface area contributed by atoms with Gasteiger partial charge in [0.05, 0.1) is 6.20 Å². The minimum Gasteiger partial charge on any atom is -0.285 e. The lowest BCUT2D eigenvalue weighted by Crippen LogP contribution is -2.19. The van der Waals surface area contributed by atoms with Gasteiger partial charge in [0.25, 0.3) is 0 Å². The van der Waals surface area contributed by atoms with Crippen LogP contribution in [0.15, 0.2) is 69.2 Å². The Kier molecular flexibility index (Phi) is 4.60. The number of nitrogens with one attached hydrogen (secondary N) is 1. The molecule has 0 saturated heterocycles. The van der Waals surface area contributed by atoms with Gasteiger partial charge in [-0.1, -0.05) is 52.0 Å². The number of nitrogens with zero attached hydrogens (tertiary/aromatic N) is 3. The zero-order valence-electron chi connectivity index (χ0n) is 13.3. The highest BCUT2D eigenvalue weighted by Crippen LogP contribution is 2.25. The summed E-state index contributed by atoms with van der Waals surface area (Å²) in [6.07, 6.45) is 1.56. The van der Waals surface area contributed by atoms with Crippen LogP contribution in [0.25, 0.3) is 16.8 Å². The number of halogens is 2. The van der Waals surface area contributed by atoms with Gasteiger partial charge in [-0.3, -0.25) is 4.98 Å². The normalized spacial score (nSPS) is 11.2. The van der Waals surface area contributed by atoms with Crippen LogP contribution >= 0.6 is 27.7 Å². The first kappa shape index (κ1) is 17.0. The van der Waals surface area contributed by atoms with Gasteiger partial charge in [0.15, 0.2) is 10.8 Å². The van der Waals surface area contributed by atoms with E-state index in [2.05, 4.69) is 31.0 Å². The first-order chi connectivity index (χ1) is 12.6. The summed E-state index contributed by atoms with van der Waals surface area (Å²) in [5.74, 6) is 0.355. The summed E-state index contributed by atoms with van der Waals surface area (Å²) in [5.41, 5.74) is 2.64. The maximum Gasteiger partial charge on any atom is 0.350 e. The minimum atomic E-state index is -0.360. The van der Waals surface area contributed by atoms with Crippen LogP contribution in [0.2, 0.25) is 0 Å². The first-order valence-electron chi connectivity index (χ1n) is 7.71. The Morgan fingerprint density at radius 1 is 1.12 bits per heavy atom. The maximum absolute atomic E-state index is 13.2. The van der Waals surface area contributed by atoms with E-state index < -0.39 is 0 Å². The smallest absolute Gasteiger partial charge is 0.285 e. The molecule has 4 aromatic rings. The maximum atomic E-state index is 13.2. The lowest BCUT2D eigenvalue weighted by Gasteiger charge is -2.03. The number of rotatable bonds is 4. The summed E-state index contributed by atoms with van der Waals surface area (Å²) in [4.78, 5) is 19.5. The van der Waals surface area contributed by atoms with Crippen molar-refractivity contribution in [3.8, 4) is 11.1 Å². The van der Waals surface area contributed by atoms with Crippen molar-refractivity contribution in [3.05, 3.63) is 81.1 Å². The lowest BCUT2D eigenvalue weighted by atomic mass is 10.1. The second-order valence-electron chi connectivity index (χ2n) is 5.56. The Morgan fingerprint density at radius 3 is 2.58 bits per heavy atom. The quantitative estimate of drug-likeness (QED) is 0.490. The highest BCUT2D eigenvalue weighted by atomic mass is 79.9. The molecule has 26 heavy (non-hydrogen) atoms. The van der Waals surface area contributed by atoms with Crippen LogP contribution in [0.3, 0.4) is 0 Å². The van der Waals surface area contributed by atoms with E-state index >= 15 is 0 Å². The Bertz CT molecular complexity index is 1120. The number of fused-ring (bicyclic) bond motifs is 1. The lowest BCUT2D eigenvalue weighted by molar-refractivity contribution is 0.628. The molecule has 0 spiro atoms. The fraction of sp³-hybridized carbons (Fsp3) is 0.0556. The highest BCUT2D eigenvalue weighted by Gasteiger charge is 2.12. The number of aromatic amines is 1. The Balaban J connectivity index is 1.68. The summed E-state index contributed by atoms with van der Waals surface area (Å²) in [5, 5.41) is 4.60. The van der Waals surface area contributed by atoms with Gasteiger partial charge in [-0.05, 0) is 35.4 Å². The first-order valence-corrected chi connectivity index (χ1v) is 9.49. The molecule has 2 aromatic heterocycles. The van der Waals surface area contributed by atoms with Crippen molar-refractivity contribution in [2.45, 2.75) is 10.9 Å². The molecule has 0 saturated carbocycles. The zero-order chi connectivity index (χ0) is 18.1. The average molecular weight is 431 g/mol. The second kappa shape index (κ2) is 7.05. The van der Waals surface area contributed by atoms with E-state index in [1.54, 1.807) is 18.3 Å². The largest absolute Gasteiger partial charge is 0.350 e. The molecular weight excluding hydrogens is 419 g/mol. The van der Waals surface area contributed by atoms with E-state index in [1.165, 1.54) is 28.4 Å². The van der Waals surface area contributed by atoms with E-state index in [0.717, 1.165) is 15.6 Å². The molecule has 0 amide bonds. The van der Waals surface area contributed by atoms with E-state index in [1.807, 2.05) is 24.3 Å². The van der Waals surface area contributed by atoms with Crippen LogP contribution < -0.4 is 5.69 Å². The molecule has 0 aliphatic heterocycles. The van der Waals surface area contributed by atoms with Gasteiger partial charge in [0.2, 0.25) is 0 Å². The van der Waals surface area contributed by atoms with E-state index in [0.29, 0.717) is 22.1 Å². The molecule has 0 bridgehead atoms. The molecule has 0 aliphatic rings. The summed E-state index contributed by atoms with van der Waals surface area (Å²) in [6, 6.07) is 14.0. The number of hydrogen-bond donors (Lipinski definition) is 1. The van der Waals surface area contributed by atoms with Gasteiger partial charge < -0.3 is 0 Å². The van der Waals surface area contributed by atoms with Crippen LogP contribution in [-0.2, 0) is 5.75 Å². The Labute approximate surface area is 160 Å². The fourth-order valence-corrected chi connectivity index (χ4v) is 3.57. The number of H-pyrrole nitrogens is 1. The monoisotopic (exact) mass is 430 g/mol. The van der Waals surface area contributed by atoms with Crippen molar-refractivity contribution in [1.29, 1.82) is 0 Å². The Morgan fingerprint density at radius 2 is 1.85 bits per heavy atom. The molecule has 0 aliphatic carbocycles. The molecule has 2 aromatic carbocycles. The van der Waals surface area contributed by atoms with E-state index in [-0.39, 0.29) is 11.5 Å². The number of thioether (sulfide) groups is 1. The molecule has 4 rings (SSSR count). The van der Waals surface area contributed by atoms with Crippen molar-refractivity contribution in [2.24, 2.45) is 0 Å². The fourth-order valence-electron chi connectivity index (χ4n) is 2.50. The molecule has 2 heterocycles. The molecule has 130 valence electrons. The molecule has 0 atom stereocenters. The van der Waals surface area contributed by atoms with Crippen molar-refractivity contribution in [1.82, 2.24) is 19.6 Å². The van der Waals surface area contributed by atoms with Gasteiger partial charge in [0.1, 0.15) is 5.82 Å². The van der Waals surface area contributed by atoms with Gasteiger partial charge in [-0.2, -0.15) is 9.61 Å². The van der Waals surface area contributed by atoms with Gasteiger partial charge in [0, 0.05) is 15.8 Å². The van der Waals surface area contributed by atoms with Crippen LogP contribution in [0, 0.1) is 5.82 Å². The number of benzene rings is 2. The predicted molar refractivity (Wildman–Crippen MR) is 103 cm³/mol. The van der Waals surface area contributed by atoms with Gasteiger partial charge >= 0.3 is 5.69 Å². The molecule has 0 unspecified atom stereocenters. The van der Waals surface area contributed by atoms with Crippen LogP contribution in [0.1, 0.15) is 5.56 Å². The highest BCUT2D eigenvalue weighted by molar-refractivity contribution is 9.10. The van der Waals surface area contributed by atoms with Crippen LogP contribution in [0.5, 0.6) is 0 Å². The number of hydrogen-bond acceptors (Lipinski definition) is 4. The third-order valence-electron chi connectivity index (χ3n) is 3.80. The minimum absolute atomic E-state index is 0.318. The van der Waals surface area contributed by atoms with Gasteiger partial charge in [-0.25, -0.2) is 14.2 Å². The SMILES string of the molecule is O=c1[nH]c(SCc2ccc(Br)cc2)nc2c(-c3ccc(F)cc3)cnn12. The molecular formula is C18H12BrFN4OS. The average Bonchev–Trinajstić information content (AvgIpc) is 3.06. The second-order valence-corrected chi connectivity index (χ2v) is 7.44. The standard InChI is InChI=1S/C18H12BrFN4OS/c19-13-5-1-11(2-6-13)10-26-17-22-16-15(9-21-24(16)18(25)23-17)12-3-7-14(20)8-4-12/h1-9H,10H2,(H,22,23,25). The van der Waals surface area contributed by atoms with E-state index in [9.17, 15) is 9.18 Å². The molecule has 8 heteroatoms. The predicted octanol–water partition coefficient (Wildman–Crippen LogP) is 4.28. The third kappa shape index (κ3) is 3.42. The van der Waals surface area contributed by atoms with Crippen LogP contribution in [-0.4, -0.2) is 19.6 Å². The van der Waals surface area contributed by atoms with Crippen molar-refractivity contribution in [2.75, 3.05) is 0 Å². The topological polar surface area (TPSA) is 63.0 Å². The van der Waals surface area contributed by atoms with Crippen molar-refractivity contribution >= 4 is 33.3 Å². The number of aromatic nitrogens is 4.